The number of ether oxygens (including phenoxy) is 1. The normalized spacial score (nSPS) is 11.4. The van der Waals surface area contributed by atoms with E-state index in [0.29, 0.717) is 16.9 Å². The zero-order chi connectivity index (χ0) is 14.0. The van der Waals surface area contributed by atoms with Gasteiger partial charge < -0.3 is 4.74 Å². The monoisotopic (exact) mass is 266 g/mol. The van der Waals surface area contributed by atoms with Crippen molar-refractivity contribution in [2.45, 2.75) is 13.1 Å². The van der Waals surface area contributed by atoms with Crippen LogP contribution in [0.4, 0.5) is 13.2 Å². The SMILES string of the molecule is COc1cc(-c2cccc(C(F)(F)F)c2)ccc1C. The highest BCUT2D eigenvalue weighted by molar-refractivity contribution is 5.66. The smallest absolute Gasteiger partial charge is 0.416 e. The van der Waals surface area contributed by atoms with Gasteiger partial charge in [-0.05, 0) is 41.8 Å². The lowest BCUT2D eigenvalue weighted by Gasteiger charge is -2.11. The summed E-state index contributed by atoms with van der Waals surface area (Å²) in [6.07, 6.45) is -4.33. The summed E-state index contributed by atoms with van der Waals surface area (Å²) in [6, 6.07) is 10.6. The van der Waals surface area contributed by atoms with Crippen molar-refractivity contribution in [3.8, 4) is 16.9 Å². The van der Waals surface area contributed by atoms with E-state index >= 15 is 0 Å². The number of rotatable bonds is 2. The Kier molecular flexibility index (Phi) is 3.51. The summed E-state index contributed by atoms with van der Waals surface area (Å²) in [5.41, 5.74) is 1.52. The van der Waals surface area contributed by atoms with Crippen molar-refractivity contribution in [3.05, 3.63) is 53.6 Å². The van der Waals surface area contributed by atoms with E-state index in [1.165, 1.54) is 13.2 Å². The van der Waals surface area contributed by atoms with Gasteiger partial charge in [0.05, 0.1) is 12.7 Å². The van der Waals surface area contributed by atoms with E-state index in [-0.39, 0.29) is 0 Å². The first kappa shape index (κ1) is 13.5. The molecule has 0 heterocycles. The highest BCUT2D eigenvalue weighted by Crippen LogP contribution is 2.33. The first-order chi connectivity index (χ1) is 8.91. The van der Waals surface area contributed by atoms with Gasteiger partial charge >= 0.3 is 6.18 Å². The van der Waals surface area contributed by atoms with Crippen molar-refractivity contribution in [3.63, 3.8) is 0 Å². The minimum absolute atomic E-state index is 0.521. The van der Waals surface area contributed by atoms with E-state index in [1.54, 1.807) is 18.2 Å². The second-order valence-electron chi connectivity index (χ2n) is 4.26. The molecule has 0 aliphatic carbocycles. The molecule has 0 radical (unpaired) electrons. The molecule has 0 aliphatic rings. The number of methoxy groups -OCH3 is 1. The van der Waals surface area contributed by atoms with Crippen LogP contribution in [0.5, 0.6) is 5.75 Å². The summed E-state index contributed by atoms with van der Waals surface area (Å²) in [7, 11) is 1.54. The lowest BCUT2D eigenvalue weighted by molar-refractivity contribution is -0.137. The van der Waals surface area contributed by atoms with Crippen molar-refractivity contribution in [2.75, 3.05) is 7.11 Å². The zero-order valence-electron chi connectivity index (χ0n) is 10.6. The lowest BCUT2D eigenvalue weighted by atomic mass is 10.0. The molecule has 2 rings (SSSR count). The number of benzene rings is 2. The second kappa shape index (κ2) is 4.96. The lowest BCUT2D eigenvalue weighted by Crippen LogP contribution is -2.04. The molecule has 19 heavy (non-hydrogen) atoms. The first-order valence-corrected chi connectivity index (χ1v) is 5.74. The Hall–Kier alpha value is -1.97. The van der Waals surface area contributed by atoms with Crippen molar-refractivity contribution in [1.82, 2.24) is 0 Å². The molecule has 100 valence electrons. The minimum atomic E-state index is -4.33. The van der Waals surface area contributed by atoms with Crippen molar-refractivity contribution < 1.29 is 17.9 Å². The molecule has 1 nitrogen and oxygen atoms in total. The summed E-state index contributed by atoms with van der Waals surface area (Å²) in [6.45, 7) is 1.88. The third-order valence-corrected chi connectivity index (χ3v) is 2.93. The molecule has 0 atom stereocenters. The Morgan fingerprint density at radius 2 is 1.63 bits per heavy atom. The van der Waals surface area contributed by atoms with E-state index in [1.807, 2.05) is 13.0 Å². The molecule has 0 aromatic heterocycles. The quantitative estimate of drug-likeness (QED) is 0.766. The van der Waals surface area contributed by atoms with Crippen LogP contribution in [0.25, 0.3) is 11.1 Å². The summed E-state index contributed by atoms with van der Waals surface area (Å²) in [4.78, 5) is 0. The Balaban J connectivity index is 2.47. The number of halogens is 3. The highest BCUT2D eigenvalue weighted by Gasteiger charge is 2.30. The maximum Gasteiger partial charge on any atom is 0.416 e. The largest absolute Gasteiger partial charge is 0.496 e. The third kappa shape index (κ3) is 2.89. The van der Waals surface area contributed by atoms with Gasteiger partial charge in [0.15, 0.2) is 0 Å². The average molecular weight is 266 g/mol. The third-order valence-electron chi connectivity index (χ3n) is 2.93. The molecule has 0 N–H and O–H groups in total. The maximum absolute atomic E-state index is 12.7. The molecule has 2 aromatic carbocycles. The van der Waals surface area contributed by atoms with Gasteiger partial charge in [-0.2, -0.15) is 13.2 Å². The molecule has 4 heteroatoms. The van der Waals surface area contributed by atoms with E-state index < -0.39 is 11.7 Å². The fraction of sp³-hybridized carbons (Fsp3) is 0.200. The molecule has 0 fully saturated rings. The van der Waals surface area contributed by atoms with E-state index in [2.05, 4.69) is 0 Å². The number of aryl methyl sites for hydroxylation is 1. The van der Waals surface area contributed by atoms with E-state index in [9.17, 15) is 13.2 Å². The number of hydrogen-bond acceptors (Lipinski definition) is 1. The molecule has 0 spiro atoms. The van der Waals surface area contributed by atoms with Crippen LogP contribution in [0, 0.1) is 6.92 Å². The van der Waals surface area contributed by atoms with E-state index in [0.717, 1.165) is 17.7 Å². The Morgan fingerprint density at radius 3 is 2.26 bits per heavy atom. The van der Waals surface area contributed by atoms with Crippen molar-refractivity contribution in [2.24, 2.45) is 0 Å². The molecule has 0 saturated carbocycles. The van der Waals surface area contributed by atoms with Crippen LogP contribution in [-0.2, 0) is 6.18 Å². The molecule has 0 unspecified atom stereocenters. The van der Waals surface area contributed by atoms with Crippen molar-refractivity contribution >= 4 is 0 Å². The predicted octanol–water partition coefficient (Wildman–Crippen LogP) is 4.69. The summed E-state index contributed by atoms with van der Waals surface area (Å²) < 4.78 is 43.2. The molecule has 0 saturated heterocycles. The molecule has 0 amide bonds. The van der Waals surface area contributed by atoms with Gasteiger partial charge in [0.1, 0.15) is 5.75 Å². The summed E-state index contributed by atoms with van der Waals surface area (Å²) in [5.74, 6) is 0.662. The fourth-order valence-corrected chi connectivity index (χ4v) is 1.87. The number of alkyl halides is 3. The van der Waals surface area contributed by atoms with Crippen LogP contribution in [0.3, 0.4) is 0 Å². The van der Waals surface area contributed by atoms with Gasteiger partial charge in [-0.15, -0.1) is 0 Å². The average Bonchev–Trinajstić information content (AvgIpc) is 2.38. The summed E-state index contributed by atoms with van der Waals surface area (Å²) in [5, 5.41) is 0. The zero-order valence-corrected chi connectivity index (χ0v) is 10.6. The van der Waals surface area contributed by atoms with Crippen LogP contribution >= 0.6 is 0 Å². The van der Waals surface area contributed by atoms with Crippen LogP contribution in [0.2, 0.25) is 0 Å². The van der Waals surface area contributed by atoms with E-state index in [4.69, 9.17) is 4.74 Å². The van der Waals surface area contributed by atoms with Crippen LogP contribution in [0.1, 0.15) is 11.1 Å². The highest BCUT2D eigenvalue weighted by atomic mass is 19.4. The Bertz CT molecular complexity index is 588. The van der Waals surface area contributed by atoms with Crippen LogP contribution < -0.4 is 4.74 Å². The van der Waals surface area contributed by atoms with Gasteiger partial charge in [-0.1, -0.05) is 24.3 Å². The molecule has 0 bridgehead atoms. The Morgan fingerprint density at radius 1 is 0.947 bits per heavy atom. The Labute approximate surface area is 109 Å². The van der Waals surface area contributed by atoms with Crippen LogP contribution in [0.15, 0.2) is 42.5 Å². The van der Waals surface area contributed by atoms with Crippen molar-refractivity contribution in [1.29, 1.82) is 0 Å². The van der Waals surface area contributed by atoms with Crippen LogP contribution in [-0.4, -0.2) is 7.11 Å². The standard InChI is InChI=1S/C15H13F3O/c1-10-6-7-12(9-14(10)19-2)11-4-3-5-13(8-11)15(16,17)18/h3-9H,1-2H3. The first-order valence-electron chi connectivity index (χ1n) is 5.74. The fourth-order valence-electron chi connectivity index (χ4n) is 1.87. The topological polar surface area (TPSA) is 9.23 Å². The minimum Gasteiger partial charge on any atom is -0.496 e. The van der Waals surface area contributed by atoms with Gasteiger partial charge in [0.25, 0.3) is 0 Å². The van der Waals surface area contributed by atoms with Gasteiger partial charge in [-0.3, -0.25) is 0 Å². The maximum atomic E-state index is 12.7. The molecular weight excluding hydrogens is 253 g/mol. The molecular formula is C15H13F3O. The predicted molar refractivity (Wildman–Crippen MR) is 68.2 cm³/mol. The number of hydrogen-bond donors (Lipinski definition) is 0. The molecule has 2 aromatic rings. The van der Waals surface area contributed by atoms with Gasteiger partial charge in [0.2, 0.25) is 0 Å². The summed E-state index contributed by atoms with van der Waals surface area (Å²) >= 11 is 0. The van der Waals surface area contributed by atoms with Gasteiger partial charge in [0, 0.05) is 0 Å². The second-order valence-corrected chi connectivity index (χ2v) is 4.26. The van der Waals surface area contributed by atoms with Gasteiger partial charge in [-0.25, -0.2) is 0 Å². The molecule has 0 aliphatic heterocycles.